The number of hydrogen-bond donors (Lipinski definition) is 1. The highest BCUT2D eigenvalue weighted by Gasteiger charge is 2.23. The maximum absolute atomic E-state index is 12.7. The van der Waals surface area contributed by atoms with Gasteiger partial charge in [-0.3, -0.25) is 4.79 Å². The molecule has 3 aromatic rings. The van der Waals surface area contributed by atoms with Crippen LogP contribution in [-0.2, 0) is 16.6 Å². The minimum absolute atomic E-state index is 0.180. The van der Waals surface area contributed by atoms with Crippen molar-refractivity contribution < 1.29 is 13.2 Å². The third-order valence-corrected chi connectivity index (χ3v) is 9.20. The molecule has 1 saturated heterocycles. The van der Waals surface area contributed by atoms with E-state index in [0.29, 0.717) is 37.0 Å². The van der Waals surface area contributed by atoms with Gasteiger partial charge in [0, 0.05) is 43.5 Å². The Morgan fingerprint density at radius 1 is 1.11 bits per heavy atom. The zero-order chi connectivity index (χ0) is 26.6. The van der Waals surface area contributed by atoms with Crippen molar-refractivity contribution in [2.45, 2.75) is 62.4 Å². The van der Waals surface area contributed by atoms with Crippen LogP contribution >= 0.6 is 11.8 Å². The van der Waals surface area contributed by atoms with E-state index >= 15 is 0 Å². The summed E-state index contributed by atoms with van der Waals surface area (Å²) in [5.74, 6) is 0.660. The topological polar surface area (TPSA) is 113 Å². The van der Waals surface area contributed by atoms with Gasteiger partial charge in [0.15, 0.2) is 10.8 Å². The lowest BCUT2D eigenvalue weighted by Gasteiger charge is -2.18. The maximum atomic E-state index is 12.7. The predicted molar refractivity (Wildman–Crippen MR) is 147 cm³/mol. The van der Waals surface area contributed by atoms with E-state index in [1.165, 1.54) is 16.4 Å². The number of carbonyl (C=O) groups excluding carboxylic acids is 1. The van der Waals surface area contributed by atoms with Crippen LogP contribution in [0.1, 0.15) is 50.9 Å². The lowest BCUT2D eigenvalue weighted by Crippen LogP contribution is -2.31. The van der Waals surface area contributed by atoms with Crippen LogP contribution in [0.2, 0.25) is 0 Å². The van der Waals surface area contributed by atoms with E-state index in [2.05, 4.69) is 29.2 Å². The summed E-state index contributed by atoms with van der Waals surface area (Å²) in [6.45, 7) is 11.4. The van der Waals surface area contributed by atoms with Gasteiger partial charge in [0.1, 0.15) is 5.82 Å². The van der Waals surface area contributed by atoms with Crippen molar-refractivity contribution in [2.75, 3.05) is 37.6 Å². The van der Waals surface area contributed by atoms with E-state index in [4.69, 9.17) is 9.97 Å². The van der Waals surface area contributed by atoms with E-state index < -0.39 is 10.0 Å². The quantitative estimate of drug-likeness (QED) is 0.288. The monoisotopic (exact) mass is 545 g/mol. The number of nitrogens with zero attached hydrogens (tertiary/aromatic N) is 6. The molecule has 10 nitrogen and oxygen atoms in total. The number of sulfonamides is 1. The molecule has 4 rings (SSSR count). The van der Waals surface area contributed by atoms with Gasteiger partial charge in [-0.2, -0.15) is 9.40 Å². The van der Waals surface area contributed by atoms with Gasteiger partial charge in [-0.15, -0.1) is 0 Å². The van der Waals surface area contributed by atoms with Gasteiger partial charge in [0.05, 0.1) is 23.0 Å². The average Bonchev–Trinajstić information content (AvgIpc) is 3.55. The molecule has 0 saturated carbocycles. The molecule has 37 heavy (non-hydrogen) atoms. The zero-order valence-corrected chi connectivity index (χ0v) is 23.5. The van der Waals surface area contributed by atoms with Crippen molar-refractivity contribution in [2.24, 2.45) is 0 Å². The van der Waals surface area contributed by atoms with Crippen LogP contribution in [0.15, 0.2) is 40.5 Å². The van der Waals surface area contributed by atoms with E-state index in [1.54, 1.807) is 42.4 Å². The summed E-state index contributed by atoms with van der Waals surface area (Å²) in [5, 5.41) is 9.46. The highest BCUT2D eigenvalue weighted by Crippen LogP contribution is 2.30. The molecule has 0 aliphatic carbocycles. The standard InChI is InChI=1S/C25H35N7O3S2/c1-5-31(6-2)37(34,35)20-11-9-19(10-12-20)24(33)26-13-16-32-23-21(17-27-32)22(30-14-7-8-15-30)28-25(29-23)36-18(3)4/h9-12,17-18H,5-8,13-16H2,1-4H3,(H,26,33). The Bertz CT molecular complexity index is 1330. The first-order chi connectivity index (χ1) is 17.7. The van der Waals surface area contributed by atoms with Gasteiger partial charge in [-0.25, -0.2) is 23.1 Å². The Balaban J connectivity index is 1.45. The van der Waals surface area contributed by atoms with Gasteiger partial charge in [0.25, 0.3) is 5.91 Å². The molecule has 1 aliphatic heterocycles. The van der Waals surface area contributed by atoms with Gasteiger partial charge in [-0.1, -0.05) is 39.5 Å². The zero-order valence-electron chi connectivity index (χ0n) is 21.8. The lowest BCUT2D eigenvalue weighted by molar-refractivity contribution is 0.0952. The van der Waals surface area contributed by atoms with Crippen LogP contribution in [0.5, 0.6) is 0 Å². The van der Waals surface area contributed by atoms with Crippen LogP contribution in [0.3, 0.4) is 0 Å². The first-order valence-corrected chi connectivity index (χ1v) is 15.1. The fraction of sp³-hybridized carbons (Fsp3) is 0.520. The normalized spacial score (nSPS) is 14.3. The number of aromatic nitrogens is 4. The summed E-state index contributed by atoms with van der Waals surface area (Å²) in [7, 11) is -3.56. The minimum atomic E-state index is -3.56. The van der Waals surface area contributed by atoms with Gasteiger partial charge in [-0.05, 0) is 37.1 Å². The summed E-state index contributed by atoms with van der Waals surface area (Å²) in [4.78, 5) is 24.8. The summed E-state index contributed by atoms with van der Waals surface area (Å²) in [6, 6.07) is 6.04. The molecule has 3 heterocycles. The van der Waals surface area contributed by atoms with E-state index in [0.717, 1.165) is 47.9 Å². The number of hydrogen-bond acceptors (Lipinski definition) is 8. The van der Waals surface area contributed by atoms with Crippen molar-refractivity contribution in [3.05, 3.63) is 36.0 Å². The van der Waals surface area contributed by atoms with Gasteiger partial charge in [0.2, 0.25) is 10.0 Å². The van der Waals surface area contributed by atoms with Crippen molar-refractivity contribution in [3.63, 3.8) is 0 Å². The first kappa shape index (κ1) is 27.3. The number of nitrogens with one attached hydrogen (secondary N) is 1. The maximum Gasteiger partial charge on any atom is 0.251 e. The van der Waals surface area contributed by atoms with Gasteiger partial charge >= 0.3 is 0 Å². The third kappa shape index (κ3) is 6.07. The average molecular weight is 546 g/mol. The molecule has 1 N–H and O–H groups in total. The lowest BCUT2D eigenvalue weighted by atomic mass is 10.2. The number of thioether (sulfide) groups is 1. The van der Waals surface area contributed by atoms with Gasteiger partial charge < -0.3 is 10.2 Å². The van der Waals surface area contributed by atoms with Crippen LogP contribution < -0.4 is 10.2 Å². The molecular weight excluding hydrogens is 510 g/mol. The number of fused-ring (bicyclic) bond motifs is 1. The molecular formula is C25H35N7O3S2. The molecule has 1 fully saturated rings. The van der Waals surface area contributed by atoms with Crippen molar-refractivity contribution >= 4 is 44.5 Å². The number of rotatable bonds is 11. The van der Waals surface area contributed by atoms with Crippen LogP contribution in [0.4, 0.5) is 5.82 Å². The number of benzene rings is 1. The predicted octanol–water partition coefficient (Wildman–Crippen LogP) is 3.39. The summed E-state index contributed by atoms with van der Waals surface area (Å²) in [5.41, 5.74) is 1.17. The molecule has 0 radical (unpaired) electrons. The number of amides is 1. The van der Waals surface area contributed by atoms with Crippen LogP contribution in [0, 0.1) is 0 Å². The van der Waals surface area contributed by atoms with Crippen molar-refractivity contribution in [1.82, 2.24) is 29.4 Å². The summed E-state index contributed by atoms with van der Waals surface area (Å²) >= 11 is 1.63. The number of carbonyl (C=O) groups is 1. The molecule has 12 heteroatoms. The molecule has 2 aromatic heterocycles. The Morgan fingerprint density at radius 3 is 2.41 bits per heavy atom. The largest absolute Gasteiger partial charge is 0.356 e. The Labute approximate surface area is 222 Å². The van der Waals surface area contributed by atoms with Crippen LogP contribution in [0.25, 0.3) is 11.0 Å². The molecule has 0 atom stereocenters. The minimum Gasteiger partial charge on any atom is -0.356 e. The molecule has 1 amide bonds. The molecule has 1 aromatic carbocycles. The van der Waals surface area contributed by atoms with E-state index in [1.807, 2.05) is 6.20 Å². The highest BCUT2D eigenvalue weighted by atomic mass is 32.2. The Morgan fingerprint density at radius 2 is 1.78 bits per heavy atom. The van der Waals surface area contributed by atoms with Crippen molar-refractivity contribution in [1.29, 1.82) is 0 Å². The number of anilines is 1. The summed E-state index contributed by atoms with van der Waals surface area (Å²) in [6.07, 6.45) is 4.12. The van der Waals surface area contributed by atoms with E-state index in [9.17, 15) is 13.2 Å². The second-order valence-corrected chi connectivity index (χ2v) is 12.6. The smallest absolute Gasteiger partial charge is 0.251 e. The molecule has 0 unspecified atom stereocenters. The SMILES string of the molecule is CCN(CC)S(=O)(=O)c1ccc(C(=O)NCCn2ncc3c(N4CCCC4)nc(SC(C)C)nc32)cc1. The van der Waals surface area contributed by atoms with Crippen molar-refractivity contribution in [3.8, 4) is 0 Å². The van der Waals surface area contributed by atoms with E-state index in [-0.39, 0.29) is 10.8 Å². The fourth-order valence-corrected chi connectivity index (χ4v) is 6.54. The summed E-state index contributed by atoms with van der Waals surface area (Å²) < 4.78 is 28.6. The molecule has 200 valence electrons. The first-order valence-electron chi connectivity index (χ1n) is 12.8. The second kappa shape index (κ2) is 11.8. The third-order valence-electron chi connectivity index (χ3n) is 6.27. The Kier molecular flexibility index (Phi) is 8.71. The fourth-order valence-electron chi connectivity index (χ4n) is 4.39. The molecule has 0 spiro atoms. The Hall–Kier alpha value is -2.70. The van der Waals surface area contributed by atoms with Crippen LogP contribution in [-0.4, -0.2) is 76.4 Å². The molecule has 1 aliphatic rings. The molecule has 0 bridgehead atoms. The second-order valence-electron chi connectivity index (χ2n) is 9.17. The highest BCUT2D eigenvalue weighted by molar-refractivity contribution is 7.99.